The predicted molar refractivity (Wildman–Crippen MR) is 63.3 cm³/mol. The molecule has 0 radical (unpaired) electrons. The van der Waals surface area contributed by atoms with Crippen molar-refractivity contribution in [2.24, 2.45) is 0 Å². The van der Waals surface area contributed by atoms with Crippen LogP contribution in [0.4, 0.5) is 0 Å². The number of nitrogens with zero attached hydrogens (tertiary/aromatic N) is 1. The average molecular weight is 199 g/mol. The highest BCUT2D eigenvalue weighted by Crippen LogP contribution is 2.27. The lowest BCUT2D eigenvalue weighted by atomic mass is 9.91. The van der Waals surface area contributed by atoms with Crippen LogP contribution in [0.25, 0.3) is 0 Å². The maximum atomic E-state index is 2.73. The van der Waals surface area contributed by atoms with Crippen LogP contribution in [-0.2, 0) is 0 Å². The first kappa shape index (κ1) is 11.3. The summed E-state index contributed by atoms with van der Waals surface area (Å²) in [6, 6.07) is 0.895. The molecule has 0 unspecified atom stereocenters. The molecule has 0 heterocycles. The quantitative estimate of drug-likeness (QED) is 0.613. The van der Waals surface area contributed by atoms with Gasteiger partial charge in [-0.3, -0.25) is 4.90 Å². The summed E-state index contributed by atoms with van der Waals surface area (Å²) < 4.78 is 0. The van der Waals surface area contributed by atoms with Gasteiger partial charge in [0.2, 0.25) is 0 Å². The smallest absolute Gasteiger partial charge is 0.0205 e. The van der Waals surface area contributed by atoms with Gasteiger partial charge in [-0.2, -0.15) is 0 Å². The van der Waals surface area contributed by atoms with Gasteiger partial charge in [0, 0.05) is 21.8 Å². The summed E-state index contributed by atoms with van der Waals surface area (Å²) in [7, 11) is 1.31. The van der Waals surface area contributed by atoms with Crippen molar-refractivity contribution in [3.05, 3.63) is 0 Å². The summed E-state index contributed by atoms with van der Waals surface area (Å²) in [4.78, 5) is 2.73. The van der Waals surface area contributed by atoms with E-state index in [2.05, 4.69) is 25.7 Å². The van der Waals surface area contributed by atoms with Crippen molar-refractivity contribution in [3.8, 4) is 0 Å². The van der Waals surface area contributed by atoms with Crippen molar-refractivity contribution in [1.82, 2.24) is 4.90 Å². The van der Waals surface area contributed by atoms with E-state index in [9.17, 15) is 0 Å². The van der Waals surface area contributed by atoms with Crippen molar-refractivity contribution < 1.29 is 0 Å². The third-order valence-corrected chi connectivity index (χ3v) is 3.90. The first-order chi connectivity index (χ1) is 6.05. The Morgan fingerprint density at radius 2 is 1.69 bits per heavy atom. The van der Waals surface area contributed by atoms with Gasteiger partial charge >= 0.3 is 0 Å². The lowest BCUT2D eigenvalue weighted by Gasteiger charge is -2.43. The zero-order valence-corrected chi connectivity index (χ0v) is 11.8. The summed E-state index contributed by atoms with van der Waals surface area (Å²) in [6.45, 7) is 7.08. The lowest BCUT2D eigenvalue weighted by molar-refractivity contribution is 0.0816. The molecule has 0 amide bonds. The highest BCUT2D eigenvalue weighted by Gasteiger charge is 2.27. The minimum Gasteiger partial charge on any atom is -0.299 e. The van der Waals surface area contributed by atoms with Gasteiger partial charge in [0.05, 0.1) is 0 Å². The normalized spacial score (nSPS) is 21.2. The molecule has 0 aromatic carbocycles. The van der Waals surface area contributed by atoms with Crippen LogP contribution in [0, 0.1) is 0 Å². The highest BCUT2D eigenvalue weighted by atomic mass is 28.1. The van der Waals surface area contributed by atoms with E-state index >= 15 is 0 Å². The first-order valence-electron chi connectivity index (χ1n) is 5.82. The predicted octanol–water partition coefficient (Wildman–Crippen LogP) is 1.74. The maximum absolute atomic E-state index is 2.73. The Hall–Kier alpha value is 0.177. The van der Waals surface area contributed by atoms with Crippen LogP contribution in [0.1, 0.15) is 52.9 Å². The fourth-order valence-corrected chi connectivity index (χ4v) is 4.14. The Kier molecular flexibility index (Phi) is 3.99. The largest absolute Gasteiger partial charge is 0.299 e. The van der Waals surface area contributed by atoms with Crippen LogP contribution in [0.2, 0.25) is 0 Å². The molecular formula is C11H25NSi. The molecule has 0 spiro atoms. The average Bonchev–Trinajstić information content (AvgIpc) is 2.05. The third-order valence-electron chi connectivity index (χ3n) is 3.22. The molecule has 1 aliphatic carbocycles. The van der Waals surface area contributed by atoms with Gasteiger partial charge < -0.3 is 0 Å². The Labute approximate surface area is 86.3 Å². The molecule has 13 heavy (non-hydrogen) atoms. The van der Waals surface area contributed by atoms with E-state index in [-0.39, 0.29) is 0 Å². The summed E-state index contributed by atoms with van der Waals surface area (Å²) in [6.07, 6.45) is 8.61. The Morgan fingerprint density at radius 1 is 1.15 bits per heavy atom. The second-order valence-electron chi connectivity index (χ2n) is 5.25. The molecule has 0 N–H and O–H groups in total. The summed E-state index contributed by atoms with van der Waals surface area (Å²) in [5.74, 6) is 0. The van der Waals surface area contributed by atoms with Gasteiger partial charge in [-0.05, 0) is 39.8 Å². The van der Waals surface area contributed by atoms with Gasteiger partial charge in [0.25, 0.3) is 0 Å². The monoisotopic (exact) mass is 199 g/mol. The SMILES string of the molecule is CC(C)(C)N(C[SiH3])C1CCCCC1. The van der Waals surface area contributed by atoms with E-state index < -0.39 is 0 Å². The molecule has 0 aliphatic heterocycles. The number of hydrogen-bond donors (Lipinski definition) is 0. The van der Waals surface area contributed by atoms with Crippen LogP contribution in [0.3, 0.4) is 0 Å². The fraction of sp³-hybridized carbons (Fsp3) is 1.00. The van der Waals surface area contributed by atoms with E-state index in [0.29, 0.717) is 5.54 Å². The van der Waals surface area contributed by atoms with E-state index in [1.807, 2.05) is 0 Å². The van der Waals surface area contributed by atoms with Crippen molar-refractivity contribution in [3.63, 3.8) is 0 Å². The summed E-state index contributed by atoms with van der Waals surface area (Å²) in [5, 5.41) is 0. The summed E-state index contributed by atoms with van der Waals surface area (Å²) in [5.41, 5.74) is 0.393. The van der Waals surface area contributed by atoms with Crippen LogP contribution in [0.5, 0.6) is 0 Å². The van der Waals surface area contributed by atoms with Gasteiger partial charge in [-0.1, -0.05) is 19.3 Å². The minimum absolute atomic E-state index is 0.393. The molecule has 1 saturated carbocycles. The molecule has 1 nitrogen and oxygen atoms in total. The third kappa shape index (κ3) is 3.10. The second kappa shape index (κ2) is 4.60. The Morgan fingerprint density at radius 3 is 2.08 bits per heavy atom. The van der Waals surface area contributed by atoms with Crippen molar-refractivity contribution in [1.29, 1.82) is 0 Å². The zero-order valence-electron chi connectivity index (χ0n) is 9.77. The van der Waals surface area contributed by atoms with Crippen LogP contribution in [-0.4, -0.2) is 32.9 Å². The van der Waals surface area contributed by atoms with Gasteiger partial charge in [-0.25, -0.2) is 0 Å². The zero-order chi connectivity index (χ0) is 9.90. The lowest BCUT2D eigenvalue weighted by Crippen LogP contribution is -2.49. The Bertz CT molecular complexity index is 145. The van der Waals surface area contributed by atoms with Gasteiger partial charge in [-0.15, -0.1) is 0 Å². The molecule has 1 fully saturated rings. The van der Waals surface area contributed by atoms with Crippen molar-refractivity contribution in [2.75, 3.05) is 6.17 Å². The molecule has 1 rings (SSSR count). The van der Waals surface area contributed by atoms with Crippen molar-refractivity contribution in [2.45, 2.75) is 64.5 Å². The summed E-state index contributed by atoms with van der Waals surface area (Å²) >= 11 is 0. The molecule has 0 bridgehead atoms. The van der Waals surface area contributed by atoms with E-state index in [1.54, 1.807) is 0 Å². The Balaban J connectivity index is 2.54. The topological polar surface area (TPSA) is 3.24 Å². The molecule has 0 atom stereocenters. The molecule has 78 valence electrons. The van der Waals surface area contributed by atoms with E-state index in [4.69, 9.17) is 0 Å². The molecule has 0 aromatic rings. The van der Waals surface area contributed by atoms with Crippen LogP contribution in [0.15, 0.2) is 0 Å². The first-order valence-corrected chi connectivity index (χ1v) is 7.24. The second-order valence-corrected chi connectivity index (χ2v) is 5.88. The highest BCUT2D eigenvalue weighted by molar-refractivity contribution is 6.08. The van der Waals surface area contributed by atoms with Crippen molar-refractivity contribution >= 4 is 10.2 Å². The van der Waals surface area contributed by atoms with Crippen LogP contribution >= 0.6 is 0 Å². The van der Waals surface area contributed by atoms with Gasteiger partial charge in [0.1, 0.15) is 0 Å². The molecule has 1 aliphatic rings. The van der Waals surface area contributed by atoms with Gasteiger partial charge in [0.15, 0.2) is 0 Å². The number of hydrogen-bond acceptors (Lipinski definition) is 1. The van der Waals surface area contributed by atoms with Crippen LogP contribution < -0.4 is 0 Å². The number of rotatable bonds is 2. The van der Waals surface area contributed by atoms with E-state index in [1.165, 1.54) is 48.5 Å². The molecular weight excluding hydrogens is 174 g/mol. The minimum atomic E-state index is 0.393. The molecule has 2 heteroatoms. The molecule has 0 saturated heterocycles. The standard InChI is InChI=1S/C11H25NSi/c1-11(2,3)12(9-13)10-7-5-4-6-8-10/h10H,4-9H2,1-3,13H3. The fourth-order valence-electron chi connectivity index (χ4n) is 2.67. The van der Waals surface area contributed by atoms with E-state index in [0.717, 1.165) is 6.04 Å². The molecule has 0 aromatic heterocycles. The maximum Gasteiger partial charge on any atom is 0.0205 e.